The number of nitrogens with zero attached hydrogens (tertiary/aromatic N) is 2. The Hall–Kier alpha value is -3.53. The summed E-state index contributed by atoms with van der Waals surface area (Å²) in [6, 6.07) is 25.3. The third-order valence-corrected chi connectivity index (χ3v) is 6.13. The van der Waals surface area contributed by atoms with Crippen molar-refractivity contribution in [2.75, 3.05) is 18.0 Å². The van der Waals surface area contributed by atoms with Gasteiger partial charge in [-0.15, -0.1) is 0 Å². The van der Waals surface area contributed by atoms with Crippen LogP contribution in [0.4, 0.5) is 5.69 Å². The van der Waals surface area contributed by atoms with Crippen molar-refractivity contribution < 1.29 is 4.79 Å². The van der Waals surface area contributed by atoms with Gasteiger partial charge in [0.2, 0.25) is 0 Å². The molecule has 4 aromatic rings. The highest BCUT2D eigenvalue weighted by molar-refractivity contribution is 5.96. The lowest BCUT2D eigenvalue weighted by Crippen LogP contribution is -2.21. The number of nitrogens with two attached hydrogens (primary N) is 1. The van der Waals surface area contributed by atoms with E-state index in [2.05, 4.69) is 90.0 Å². The second-order valence-electron chi connectivity index (χ2n) is 7.84. The van der Waals surface area contributed by atoms with E-state index >= 15 is 0 Å². The zero-order chi connectivity index (χ0) is 22.0. The van der Waals surface area contributed by atoms with Gasteiger partial charge in [-0.3, -0.25) is 4.79 Å². The Bertz CT molecular complexity index is 1210. The van der Waals surface area contributed by atoms with E-state index in [0.29, 0.717) is 12.1 Å². The maximum absolute atomic E-state index is 12.1. The lowest BCUT2D eigenvalue weighted by molar-refractivity contribution is 0.0999. The molecule has 0 bridgehead atoms. The first-order valence-electron chi connectivity index (χ1n) is 10.9. The molecule has 3 aromatic carbocycles. The van der Waals surface area contributed by atoms with E-state index in [0.717, 1.165) is 30.0 Å². The normalized spacial score (nSPS) is 11.1. The molecule has 0 atom stereocenters. The second-order valence-corrected chi connectivity index (χ2v) is 7.84. The summed E-state index contributed by atoms with van der Waals surface area (Å²) in [6.45, 7) is 8.91. The Balaban J connectivity index is 1.80. The topological polar surface area (TPSA) is 51.3 Å². The molecule has 0 aliphatic rings. The predicted octanol–water partition coefficient (Wildman–Crippen LogP) is 5.61. The molecule has 0 aliphatic carbocycles. The molecule has 2 N–H and O–H groups in total. The predicted molar refractivity (Wildman–Crippen MR) is 130 cm³/mol. The molecule has 0 unspecified atom stereocenters. The Morgan fingerprint density at radius 1 is 0.935 bits per heavy atom. The summed E-state index contributed by atoms with van der Waals surface area (Å²) < 4.78 is 2.20. The fraction of sp³-hybridized carbons (Fsp3) is 0.222. The van der Waals surface area contributed by atoms with Crippen molar-refractivity contribution in [1.82, 2.24) is 4.57 Å². The van der Waals surface area contributed by atoms with E-state index in [1.54, 1.807) is 0 Å². The number of carbonyl (C=O) groups excluding carboxylic acids is 1. The van der Waals surface area contributed by atoms with Crippen LogP contribution in [-0.4, -0.2) is 23.6 Å². The summed E-state index contributed by atoms with van der Waals surface area (Å²) in [4.78, 5) is 14.4. The molecule has 0 saturated heterocycles. The minimum atomic E-state index is -0.393. The fourth-order valence-corrected chi connectivity index (χ4v) is 4.37. The van der Waals surface area contributed by atoms with Crippen LogP contribution in [0.5, 0.6) is 0 Å². The van der Waals surface area contributed by atoms with Gasteiger partial charge in [-0.05, 0) is 60.9 Å². The Morgan fingerprint density at radius 2 is 1.61 bits per heavy atom. The van der Waals surface area contributed by atoms with Crippen molar-refractivity contribution in [2.45, 2.75) is 27.3 Å². The number of fused-ring (bicyclic) bond motifs is 1. The molecule has 1 aromatic heterocycles. The number of amides is 1. The lowest BCUT2D eigenvalue weighted by Gasteiger charge is -2.21. The van der Waals surface area contributed by atoms with Gasteiger partial charge in [0, 0.05) is 36.7 Å². The van der Waals surface area contributed by atoms with Gasteiger partial charge in [-0.2, -0.15) is 0 Å². The number of rotatable bonds is 7. The summed E-state index contributed by atoms with van der Waals surface area (Å²) in [6.07, 6.45) is 0. The highest BCUT2D eigenvalue weighted by Crippen LogP contribution is 2.30. The molecule has 4 nitrogen and oxygen atoms in total. The first-order valence-corrected chi connectivity index (χ1v) is 10.9. The highest BCUT2D eigenvalue weighted by atomic mass is 16.1. The number of benzene rings is 3. The summed E-state index contributed by atoms with van der Waals surface area (Å²) in [5, 5.41) is 2.44. The van der Waals surface area contributed by atoms with Gasteiger partial charge in [0.1, 0.15) is 0 Å². The average molecular weight is 412 g/mol. The number of hydrogen-bond donors (Lipinski definition) is 1. The minimum absolute atomic E-state index is 0.393. The summed E-state index contributed by atoms with van der Waals surface area (Å²) in [7, 11) is 0. The number of aromatic nitrogens is 1. The molecular formula is C27H29N3O. The largest absolute Gasteiger partial charge is 0.372 e. The van der Waals surface area contributed by atoms with Crippen molar-refractivity contribution in [3.8, 4) is 11.3 Å². The van der Waals surface area contributed by atoms with Crippen LogP contribution in [0.2, 0.25) is 0 Å². The highest BCUT2D eigenvalue weighted by Gasteiger charge is 2.18. The van der Waals surface area contributed by atoms with Crippen molar-refractivity contribution in [2.24, 2.45) is 5.73 Å². The van der Waals surface area contributed by atoms with Crippen LogP contribution in [0.25, 0.3) is 22.0 Å². The number of hydrogen-bond acceptors (Lipinski definition) is 2. The van der Waals surface area contributed by atoms with E-state index in [4.69, 9.17) is 5.73 Å². The Labute approximate surface area is 183 Å². The summed E-state index contributed by atoms with van der Waals surface area (Å²) >= 11 is 0. The van der Waals surface area contributed by atoms with Crippen molar-refractivity contribution in [3.05, 3.63) is 89.6 Å². The number of carbonyl (C=O) groups is 1. The number of primary amides is 1. The van der Waals surface area contributed by atoms with Crippen LogP contribution >= 0.6 is 0 Å². The third-order valence-electron chi connectivity index (χ3n) is 6.13. The Kier molecular flexibility index (Phi) is 5.81. The van der Waals surface area contributed by atoms with Crippen LogP contribution in [0, 0.1) is 6.92 Å². The molecular weight excluding hydrogens is 382 g/mol. The van der Waals surface area contributed by atoms with Gasteiger partial charge < -0.3 is 15.2 Å². The van der Waals surface area contributed by atoms with Gasteiger partial charge in [0.05, 0.1) is 5.56 Å². The lowest BCUT2D eigenvalue weighted by atomic mass is 10.0. The standard InChI is InChI=1S/C27H29N3O/c1-4-29(5-2)23-15-13-21(14-16-23)26-17-25(27(28)31)19(3)30(26)18-22-11-8-10-20-9-6-7-12-24(20)22/h6-17H,4-5,18H2,1-3H3,(H2,28,31). The summed E-state index contributed by atoms with van der Waals surface area (Å²) in [5.41, 5.74) is 11.7. The van der Waals surface area contributed by atoms with Crippen molar-refractivity contribution in [3.63, 3.8) is 0 Å². The number of anilines is 1. The molecule has 0 aliphatic heterocycles. The second kappa shape index (κ2) is 8.68. The van der Waals surface area contributed by atoms with Crippen LogP contribution in [0.1, 0.15) is 35.5 Å². The van der Waals surface area contributed by atoms with Crippen LogP contribution in [-0.2, 0) is 6.54 Å². The van der Waals surface area contributed by atoms with E-state index in [1.165, 1.54) is 22.0 Å². The monoisotopic (exact) mass is 411 g/mol. The van der Waals surface area contributed by atoms with E-state index in [9.17, 15) is 4.79 Å². The minimum Gasteiger partial charge on any atom is -0.372 e. The smallest absolute Gasteiger partial charge is 0.250 e. The molecule has 1 heterocycles. The molecule has 4 rings (SSSR count). The van der Waals surface area contributed by atoms with Crippen LogP contribution in [0.15, 0.2) is 72.8 Å². The molecule has 0 fully saturated rings. The van der Waals surface area contributed by atoms with Gasteiger partial charge in [0.15, 0.2) is 0 Å². The zero-order valence-corrected chi connectivity index (χ0v) is 18.4. The SMILES string of the molecule is CCN(CC)c1ccc(-c2cc(C(N)=O)c(C)n2Cc2cccc3ccccc23)cc1. The fourth-order valence-electron chi connectivity index (χ4n) is 4.37. The van der Waals surface area contributed by atoms with Gasteiger partial charge in [-0.25, -0.2) is 0 Å². The van der Waals surface area contributed by atoms with Crippen LogP contribution < -0.4 is 10.6 Å². The molecule has 0 radical (unpaired) electrons. The van der Waals surface area contributed by atoms with E-state index in [-0.39, 0.29) is 0 Å². The molecule has 158 valence electrons. The average Bonchev–Trinajstić information content (AvgIpc) is 3.12. The van der Waals surface area contributed by atoms with Crippen molar-refractivity contribution in [1.29, 1.82) is 0 Å². The van der Waals surface area contributed by atoms with E-state index in [1.807, 2.05) is 13.0 Å². The van der Waals surface area contributed by atoms with Crippen LogP contribution in [0.3, 0.4) is 0 Å². The third kappa shape index (κ3) is 3.93. The molecule has 0 spiro atoms. The van der Waals surface area contributed by atoms with Gasteiger partial charge in [-0.1, -0.05) is 54.6 Å². The maximum Gasteiger partial charge on any atom is 0.250 e. The molecule has 0 saturated carbocycles. The zero-order valence-electron chi connectivity index (χ0n) is 18.4. The van der Waals surface area contributed by atoms with Gasteiger partial charge in [0.25, 0.3) is 5.91 Å². The van der Waals surface area contributed by atoms with Gasteiger partial charge >= 0.3 is 0 Å². The summed E-state index contributed by atoms with van der Waals surface area (Å²) in [5.74, 6) is -0.393. The first-order chi connectivity index (χ1) is 15.0. The molecule has 1 amide bonds. The maximum atomic E-state index is 12.1. The molecule has 31 heavy (non-hydrogen) atoms. The first kappa shape index (κ1) is 20.7. The van der Waals surface area contributed by atoms with E-state index < -0.39 is 5.91 Å². The Morgan fingerprint density at radius 3 is 2.29 bits per heavy atom. The quantitative estimate of drug-likeness (QED) is 0.430. The molecule has 4 heteroatoms. The van der Waals surface area contributed by atoms with Crippen molar-refractivity contribution >= 4 is 22.4 Å².